The van der Waals surface area contributed by atoms with E-state index in [9.17, 15) is 0 Å². The van der Waals surface area contributed by atoms with Crippen molar-refractivity contribution in [3.63, 3.8) is 0 Å². The lowest BCUT2D eigenvalue weighted by molar-refractivity contribution is 0.992. The molecule has 0 spiro atoms. The molecule has 0 bridgehead atoms. The molecular formula is C11H10Cl2N2. The van der Waals surface area contributed by atoms with Crippen molar-refractivity contribution in [1.82, 2.24) is 4.57 Å². The Balaban J connectivity index is 2.64. The Labute approximate surface area is 98.2 Å². The molecule has 0 fully saturated rings. The van der Waals surface area contributed by atoms with Gasteiger partial charge in [-0.2, -0.15) is 0 Å². The molecule has 78 valence electrons. The van der Waals surface area contributed by atoms with Crippen molar-refractivity contribution >= 4 is 23.2 Å². The molecule has 1 aromatic carbocycles. The van der Waals surface area contributed by atoms with Gasteiger partial charge in [0.05, 0.1) is 5.69 Å². The number of benzene rings is 1. The smallest absolute Gasteiger partial charge is 0.0523 e. The fourth-order valence-corrected chi connectivity index (χ4v) is 2.08. The van der Waals surface area contributed by atoms with Gasteiger partial charge in [0, 0.05) is 34.5 Å². The van der Waals surface area contributed by atoms with Crippen molar-refractivity contribution in [2.75, 3.05) is 0 Å². The summed E-state index contributed by atoms with van der Waals surface area (Å²) in [5.74, 6) is 0. The van der Waals surface area contributed by atoms with Crippen LogP contribution in [0.5, 0.6) is 0 Å². The summed E-state index contributed by atoms with van der Waals surface area (Å²) < 4.78 is 1.94. The lowest BCUT2D eigenvalue weighted by Gasteiger charge is -2.11. The molecule has 0 aliphatic heterocycles. The standard InChI is InChI=1S/C11H10Cl2N2/c12-8-5-10(13)9(7-14)11(6-8)15-3-1-2-4-15/h1-6H,7,14H2. The van der Waals surface area contributed by atoms with Gasteiger partial charge in [0.2, 0.25) is 0 Å². The molecule has 0 saturated heterocycles. The normalized spacial score (nSPS) is 10.6. The minimum atomic E-state index is 0.392. The lowest BCUT2D eigenvalue weighted by Crippen LogP contribution is -2.04. The monoisotopic (exact) mass is 240 g/mol. The Kier molecular flexibility index (Phi) is 3.00. The lowest BCUT2D eigenvalue weighted by atomic mass is 10.1. The summed E-state index contributed by atoms with van der Waals surface area (Å²) >= 11 is 12.0. The summed E-state index contributed by atoms with van der Waals surface area (Å²) in [6.07, 6.45) is 3.86. The van der Waals surface area contributed by atoms with E-state index >= 15 is 0 Å². The predicted octanol–water partition coefficient (Wildman–Crippen LogP) is 3.24. The molecule has 0 aliphatic rings. The van der Waals surface area contributed by atoms with Gasteiger partial charge < -0.3 is 10.3 Å². The summed E-state index contributed by atoms with van der Waals surface area (Å²) in [4.78, 5) is 0. The van der Waals surface area contributed by atoms with Crippen LogP contribution in [-0.4, -0.2) is 4.57 Å². The zero-order valence-corrected chi connectivity index (χ0v) is 9.46. The SMILES string of the molecule is NCc1c(Cl)cc(Cl)cc1-n1cccc1. The highest BCUT2D eigenvalue weighted by molar-refractivity contribution is 6.35. The molecule has 0 saturated carbocycles. The van der Waals surface area contributed by atoms with Crippen LogP contribution in [0.25, 0.3) is 5.69 Å². The van der Waals surface area contributed by atoms with Crippen LogP contribution in [-0.2, 0) is 6.54 Å². The molecule has 1 aromatic heterocycles. The Hall–Kier alpha value is -0.960. The molecule has 1 heterocycles. The zero-order chi connectivity index (χ0) is 10.8. The van der Waals surface area contributed by atoms with Gasteiger partial charge in [-0.05, 0) is 24.3 Å². The van der Waals surface area contributed by atoms with Crippen LogP contribution in [0, 0.1) is 0 Å². The number of nitrogens with zero attached hydrogens (tertiary/aromatic N) is 1. The van der Waals surface area contributed by atoms with Crippen LogP contribution in [0.3, 0.4) is 0 Å². The van der Waals surface area contributed by atoms with Gasteiger partial charge in [-0.15, -0.1) is 0 Å². The van der Waals surface area contributed by atoms with Crippen LogP contribution >= 0.6 is 23.2 Å². The molecule has 0 radical (unpaired) electrons. The third-order valence-corrected chi connectivity index (χ3v) is 2.78. The first-order chi connectivity index (χ1) is 7.22. The van der Waals surface area contributed by atoms with Crippen LogP contribution in [0.15, 0.2) is 36.7 Å². The molecule has 2 aromatic rings. The molecule has 2 rings (SSSR count). The largest absolute Gasteiger partial charge is 0.326 e. The van der Waals surface area contributed by atoms with Crippen LogP contribution in [0.4, 0.5) is 0 Å². The number of aromatic nitrogens is 1. The summed E-state index contributed by atoms with van der Waals surface area (Å²) in [7, 11) is 0. The Morgan fingerprint density at radius 2 is 1.80 bits per heavy atom. The molecule has 2 N–H and O–H groups in total. The van der Waals surface area contributed by atoms with E-state index in [4.69, 9.17) is 28.9 Å². The van der Waals surface area contributed by atoms with E-state index in [0.717, 1.165) is 11.3 Å². The van der Waals surface area contributed by atoms with Crippen molar-refractivity contribution in [3.05, 3.63) is 52.3 Å². The number of rotatable bonds is 2. The van der Waals surface area contributed by atoms with Gasteiger partial charge in [-0.3, -0.25) is 0 Å². The van der Waals surface area contributed by atoms with Crippen molar-refractivity contribution in [1.29, 1.82) is 0 Å². The number of halogens is 2. The average molecular weight is 241 g/mol. The molecule has 0 unspecified atom stereocenters. The number of hydrogen-bond donors (Lipinski definition) is 1. The van der Waals surface area contributed by atoms with E-state index in [-0.39, 0.29) is 0 Å². The van der Waals surface area contributed by atoms with Crippen molar-refractivity contribution in [2.45, 2.75) is 6.54 Å². The summed E-state index contributed by atoms with van der Waals surface area (Å²) in [5, 5.41) is 1.22. The summed E-state index contributed by atoms with van der Waals surface area (Å²) in [6.45, 7) is 0.392. The Morgan fingerprint density at radius 3 is 2.40 bits per heavy atom. The van der Waals surface area contributed by atoms with Gasteiger partial charge in [0.15, 0.2) is 0 Å². The van der Waals surface area contributed by atoms with E-state index < -0.39 is 0 Å². The average Bonchev–Trinajstić information content (AvgIpc) is 2.69. The third-order valence-electron chi connectivity index (χ3n) is 2.22. The van der Waals surface area contributed by atoms with Crippen LogP contribution in [0.2, 0.25) is 10.0 Å². The van der Waals surface area contributed by atoms with E-state index in [0.29, 0.717) is 16.6 Å². The number of hydrogen-bond acceptors (Lipinski definition) is 1. The van der Waals surface area contributed by atoms with Crippen molar-refractivity contribution in [3.8, 4) is 5.69 Å². The molecule has 0 aliphatic carbocycles. The minimum Gasteiger partial charge on any atom is -0.326 e. The molecular weight excluding hydrogens is 231 g/mol. The fraction of sp³-hybridized carbons (Fsp3) is 0.0909. The van der Waals surface area contributed by atoms with Gasteiger partial charge in [0.25, 0.3) is 0 Å². The third kappa shape index (κ3) is 2.02. The van der Waals surface area contributed by atoms with E-state index in [1.807, 2.05) is 35.2 Å². The topological polar surface area (TPSA) is 30.9 Å². The maximum absolute atomic E-state index is 6.07. The highest BCUT2D eigenvalue weighted by Gasteiger charge is 2.08. The Bertz CT molecular complexity index is 464. The quantitative estimate of drug-likeness (QED) is 0.859. The van der Waals surface area contributed by atoms with Gasteiger partial charge >= 0.3 is 0 Å². The van der Waals surface area contributed by atoms with Gasteiger partial charge in [-0.1, -0.05) is 23.2 Å². The van der Waals surface area contributed by atoms with Crippen molar-refractivity contribution in [2.24, 2.45) is 5.73 Å². The predicted molar refractivity (Wildman–Crippen MR) is 63.7 cm³/mol. The Morgan fingerprint density at radius 1 is 1.13 bits per heavy atom. The first kappa shape index (κ1) is 10.6. The molecule has 15 heavy (non-hydrogen) atoms. The maximum atomic E-state index is 6.07. The van der Waals surface area contributed by atoms with Crippen LogP contribution in [0.1, 0.15) is 5.56 Å². The minimum absolute atomic E-state index is 0.392. The van der Waals surface area contributed by atoms with E-state index in [2.05, 4.69) is 0 Å². The zero-order valence-electron chi connectivity index (χ0n) is 7.95. The van der Waals surface area contributed by atoms with Gasteiger partial charge in [0.1, 0.15) is 0 Å². The highest BCUT2D eigenvalue weighted by Crippen LogP contribution is 2.27. The fourth-order valence-electron chi connectivity index (χ4n) is 1.52. The second kappa shape index (κ2) is 4.27. The molecule has 4 heteroatoms. The van der Waals surface area contributed by atoms with E-state index in [1.165, 1.54) is 0 Å². The summed E-state index contributed by atoms with van der Waals surface area (Å²) in [6, 6.07) is 7.44. The second-order valence-corrected chi connectivity index (χ2v) is 4.02. The van der Waals surface area contributed by atoms with Crippen LogP contribution < -0.4 is 5.73 Å². The van der Waals surface area contributed by atoms with Crippen molar-refractivity contribution < 1.29 is 0 Å². The first-order valence-corrected chi connectivity index (χ1v) is 5.29. The second-order valence-electron chi connectivity index (χ2n) is 3.18. The molecule has 2 nitrogen and oxygen atoms in total. The maximum Gasteiger partial charge on any atom is 0.0523 e. The number of nitrogens with two attached hydrogens (primary N) is 1. The van der Waals surface area contributed by atoms with E-state index in [1.54, 1.807) is 6.07 Å². The first-order valence-electron chi connectivity index (χ1n) is 4.53. The highest BCUT2D eigenvalue weighted by atomic mass is 35.5. The summed E-state index contributed by atoms with van der Waals surface area (Å²) in [5.41, 5.74) is 7.50. The molecule has 0 amide bonds. The van der Waals surface area contributed by atoms with Gasteiger partial charge in [-0.25, -0.2) is 0 Å². The molecule has 0 atom stereocenters.